The van der Waals surface area contributed by atoms with Crippen molar-refractivity contribution in [2.75, 3.05) is 18.8 Å². The van der Waals surface area contributed by atoms with Crippen molar-refractivity contribution >= 4 is 46.6 Å². The summed E-state index contributed by atoms with van der Waals surface area (Å²) < 4.78 is 12.2. The number of hydrogen-bond acceptors (Lipinski definition) is 3. The van der Waals surface area contributed by atoms with Crippen LogP contribution in [0.2, 0.25) is 0 Å². The third-order valence-electron chi connectivity index (χ3n) is 6.03. The Hall–Kier alpha value is -1.16. The van der Waals surface area contributed by atoms with E-state index in [-0.39, 0.29) is 29.9 Å². The number of benzene rings is 1. The Morgan fingerprint density at radius 2 is 1.97 bits per heavy atom. The van der Waals surface area contributed by atoms with Gasteiger partial charge in [0.2, 0.25) is 5.91 Å². The molecule has 2 fully saturated rings. The molecule has 6 nitrogen and oxygen atoms in total. The summed E-state index contributed by atoms with van der Waals surface area (Å²) in [6.45, 7) is 6.97. The lowest BCUT2D eigenvalue weighted by Gasteiger charge is -2.30. The van der Waals surface area contributed by atoms with E-state index >= 15 is 0 Å². The standard InChI is InChI=1S/C23H36N4O2S.HI/c1-3-24-23(26-20-11-7-12-21(15-20)30(29)4-2)25-16-18-9-5-6-10-19(18)17-27-14-8-13-22(27)28;/h5-6,9-10,20-21H,3-4,7-8,11-17H2,1-2H3,(H2,24,25,26);1H. The molecule has 3 atom stereocenters. The van der Waals surface area contributed by atoms with Gasteiger partial charge in [0, 0.05) is 53.9 Å². The predicted molar refractivity (Wildman–Crippen MR) is 139 cm³/mol. The molecule has 3 unspecified atom stereocenters. The van der Waals surface area contributed by atoms with Crippen LogP contribution in [0.25, 0.3) is 0 Å². The topological polar surface area (TPSA) is 73.8 Å². The molecule has 0 spiro atoms. The van der Waals surface area contributed by atoms with Crippen molar-refractivity contribution in [2.24, 2.45) is 4.99 Å². The number of rotatable bonds is 8. The lowest BCUT2D eigenvalue weighted by Crippen LogP contribution is -2.46. The summed E-state index contributed by atoms with van der Waals surface area (Å²) >= 11 is 0. The first kappa shape index (κ1) is 26.1. The molecule has 1 saturated carbocycles. The van der Waals surface area contributed by atoms with E-state index in [2.05, 4.69) is 29.7 Å². The van der Waals surface area contributed by atoms with Gasteiger partial charge in [-0.15, -0.1) is 24.0 Å². The van der Waals surface area contributed by atoms with Gasteiger partial charge in [-0.05, 0) is 43.7 Å². The summed E-state index contributed by atoms with van der Waals surface area (Å²) in [4.78, 5) is 18.8. The van der Waals surface area contributed by atoms with E-state index < -0.39 is 10.8 Å². The van der Waals surface area contributed by atoms with Gasteiger partial charge in [0.15, 0.2) is 5.96 Å². The van der Waals surface area contributed by atoms with Crippen molar-refractivity contribution in [2.45, 2.75) is 76.8 Å². The molecular formula is C23H37IN4O2S. The molecule has 1 aliphatic heterocycles. The Labute approximate surface area is 206 Å². The predicted octanol–water partition coefficient (Wildman–Crippen LogP) is 3.56. The van der Waals surface area contributed by atoms with Crippen LogP contribution in [0, 0.1) is 0 Å². The molecule has 174 valence electrons. The first-order valence-electron chi connectivity index (χ1n) is 11.4. The Kier molecular flexibility index (Phi) is 11.3. The number of amides is 1. The van der Waals surface area contributed by atoms with Crippen LogP contribution in [-0.4, -0.2) is 51.1 Å². The maximum Gasteiger partial charge on any atom is 0.222 e. The van der Waals surface area contributed by atoms with E-state index in [1.54, 1.807) is 0 Å². The Morgan fingerprint density at radius 1 is 1.19 bits per heavy atom. The number of aliphatic imine (C=N–C) groups is 1. The van der Waals surface area contributed by atoms with E-state index in [1.807, 2.05) is 24.0 Å². The Morgan fingerprint density at radius 3 is 2.65 bits per heavy atom. The second-order valence-electron chi connectivity index (χ2n) is 8.18. The summed E-state index contributed by atoms with van der Waals surface area (Å²) in [5.41, 5.74) is 2.33. The molecule has 2 N–H and O–H groups in total. The molecule has 1 amide bonds. The van der Waals surface area contributed by atoms with E-state index in [0.717, 1.165) is 62.5 Å². The zero-order chi connectivity index (χ0) is 21.3. The van der Waals surface area contributed by atoms with Gasteiger partial charge in [-0.2, -0.15) is 0 Å². The number of nitrogens with zero attached hydrogens (tertiary/aromatic N) is 2. The molecular weight excluding hydrogens is 523 g/mol. The molecule has 31 heavy (non-hydrogen) atoms. The van der Waals surface area contributed by atoms with Gasteiger partial charge in [0.1, 0.15) is 0 Å². The van der Waals surface area contributed by atoms with Crippen molar-refractivity contribution in [1.82, 2.24) is 15.5 Å². The number of halogens is 1. The molecule has 1 saturated heterocycles. The second kappa shape index (κ2) is 13.4. The smallest absolute Gasteiger partial charge is 0.222 e. The number of likely N-dealkylation sites (tertiary alicyclic amines) is 1. The number of carbonyl (C=O) groups is 1. The average molecular weight is 561 g/mol. The molecule has 2 aliphatic rings. The third kappa shape index (κ3) is 7.73. The normalized spacial score (nSPS) is 22.7. The number of guanidine groups is 1. The molecule has 1 aromatic rings. The third-order valence-corrected chi connectivity index (χ3v) is 7.77. The van der Waals surface area contributed by atoms with Crippen molar-refractivity contribution in [1.29, 1.82) is 0 Å². The molecule has 1 aliphatic carbocycles. The molecule has 1 heterocycles. The summed E-state index contributed by atoms with van der Waals surface area (Å²) in [5.74, 6) is 1.80. The maximum absolute atomic E-state index is 12.2. The van der Waals surface area contributed by atoms with Gasteiger partial charge in [-0.1, -0.05) is 37.6 Å². The summed E-state index contributed by atoms with van der Waals surface area (Å²) in [6, 6.07) is 8.58. The lowest BCUT2D eigenvalue weighted by atomic mass is 9.95. The zero-order valence-electron chi connectivity index (χ0n) is 18.8. The fourth-order valence-electron chi connectivity index (χ4n) is 4.37. The van der Waals surface area contributed by atoms with Gasteiger partial charge in [0.25, 0.3) is 0 Å². The van der Waals surface area contributed by atoms with E-state index in [1.165, 1.54) is 5.56 Å². The quantitative estimate of drug-likeness (QED) is 0.290. The first-order chi connectivity index (χ1) is 14.6. The van der Waals surface area contributed by atoms with Gasteiger partial charge in [-0.25, -0.2) is 4.99 Å². The zero-order valence-corrected chi connectivity index (χ0v) is 21.9. The monoisotopic (exact) mass is 560 g/mol. The highest BCUT2D eigenvalue weighted by Gasteiger charge is 2.26. The van der Waals surface area contributed by atoms with Crippen LogP contribution in [0.5, 0.6) is 0 Å². The average Bonchev–Trinajstić information content (AvgIpc) is 3.17. The lowest BCUT2D eigenvalue weighted by molar-refractivity contribution is -0.128. The van der Waals surface area contributed by atoms with E-state index in [9.17, 15) is 9.00 Å². The van der Waals surface area contributed by atoms with Crippen LogP contribution in [0.1, 0.15) is 63.5 Å². The Bertz CT molecular complexity index is 774. The fraction of sp³-hybridized carbons (Fsp3) is 0.652. The van der Waals surface area contributed by atoms with Crippen LogP contribution in [0.3, 0.4) is 0 Å². The minimum absolute atomic E-state index is 0. The van der Waals surface area contributed by atoms with E-state index in [4.69, 9.17) is 4.99 Å². The molecule has 0 radical (unpaired) electrons. The van der Waals surface area contributed by atoms with E-state index in [0.29, 0.717) is 30.8 Å². The summed E-state index contributed by atoms with van der Waals surface area (Å²) in [6.07, 6.45) is 5.84. The number of nitrogens with one attached hydrogen (secondary N) is 2. The molecule has 1 aromatic carbocycles. The molecule has 0 aromatic heterocycles. The van der Waals surface area contributed by atoms with Crippen LogP contribution in [0.15, 0.2) is 29.3 Å². The minimum atomic E-state index is -0.727. The van der Waals surface area contributed by atoms with Gasteiger partial charge < -0.3 is 15.5 Å². The summed E-state index contributed by atoms with van der Waals surface area (Å²) in [5, 5.41) is 7.23. The van der Waals surface area contributed by atoms with Crippen molar-refractivity contribution in [3.05, 3.63) is 35.4 Å². The Balaban J connectivity index is 0.00000341. The van der Waals surface area contributed by atoms with Crippen LogP contribution >= 0.6 is 24.0 Å². The number of hydrogen-bond donors (Lipinski definition) is 2. The van der Waals surface area contributed by atoms with Gasteiger partial charge in [0.05, 0.1) is 6.54 Å². The molecule has 8 heteroatoms. The van der Waals surface area contributed by atoms with Gasteiger partial charge in [-0.3, -0.25) is 9.00 Å². The SMILES string of the molecule is CCNC(=NCc1ccccc1CN1CCCC1=O)NC1CCCC(S(=O)CC)C1.I. The van der Waals surface area contributed by atoms with Gasteiger partial charge >= 0.3 is 0 Å². The first-order valence-corrected chi connectivity index (χ1v) is 12.8. The second-order valence-corrected chi connectivity index (χ2v) is 10.2. The molecule has 0 bridgehead atoms. The van der Waals surface area contributed by atoms with Crippen LogP contribution < -0.4 is 10.6 Å². The van der Waals surface area contributed by atoms with Crippen LogP contribution in [-0.2, 0) is 28.7 Å². The van der Waals surface area contributed by atoms with Crippen LogP contribution in [0.4, 0.5) is 0 Å². The minimum Gasteiger partial charge on any atom is -0.357 e. The molecule has 3 rings (SSSR count). The fourth-order valence-corrected chi connectivity index (χ4v) is 5.72. The highest BCUT2D eigenvalue weighted by Crippen LogP contribution is 2.23. The highest BCUT2D eigenvalue weighted by molar-refractivity contribution is 14.0. The van der Waals surface area contributed by atoms with Crippen molar-refractivity contribution in [3.63, 3.8) is 0 Å². The summed E-state index contributed by atoms with van der Waals surface area (Å²) in [7, 11) is -0.727. The largest absolute Gasteiger partial charge is 0.357 e. The maximum atomic E-state index is 12.2. The number of carbonyl (C=O) groups excluding carboxylic acids is 1. The van der Waals surface area contributed by atoms with Crippen molar-refractivity contribution < 1.29 is 9.00 Å². The van der Waals surface area contributed by atoms with Crippen molar-refractivity contribution in [3.8, 4) is 0 Å². The highest BCUT2D eigenvalue weighted by atomic mass is 127.